The van der Waals surface area contributed by atoms with Gasteiger partial charge < -0.3 is 9.88 Å². The molecule has 1 atom stereocenters. The van der Waals surface area contributed by atoms with Gasteiger partial charge in [-0.3, -0.25) is 4.79 Å². The quantitative estimate of drug-likeness (QED) is 0.854. The van der Waals surface area contributed by atoms with Gasteiger partial charge in [0.05, 0.1) is 10.9 Å². The molecule has 1 aromatic heterocycles. The molecule has 20 heavy (non-hydrogen) atoms. The Morgan fingerprint density at radius 3 is 2.85 bits per heavy atom. The highest BCUT2D eigenvalue weighted by molar-refractivity contribution is 9.10. The highest BCUT2D eigenvalue weighted by Gasteiger charge is 2.17. The van der Waals surface area contributed by atoms with Gasteiger partial charge in [0.25, 0.3) is 0 Å². The van der Waals surface area contributed by atoms with Gasteiger partial charge in [0.15, 0.2) is 5.16 Å². The first-order valence-electron chi connectivity index (χ1n) is 6.18. The van der Waals surface area contributed by atoms with Crippen molar-refractivity contribution < 1.29 is 4.79 Å². The zero-order chi connectivity index (χ0) is 14.7. The van der Waals surface area contributed by atoms with Gasteiger partial charge in [0.1, 0.15) is 0 Å². The number of hydrogen-bond acceptors (Lipinski definition) is 3. The molecule has 2 aromatic rings. The maximum absolute atomic E-state index is 12.2. The van der Waals surface area contributed by atoms with E-state index < -0.39 is 0 Å². The molecule has 0 aliphatic heterocycles. The smallest absolute Gasteiger partial charge is 0.237 e. The number of anilines is 1. The molecular weight excluding hydrogens is 338 g/mol. The Kier molecular flexibility index (Phi) is 4.88. The van der Waals surface area contributed by atoms with Crippen LogP contribution in [-0.2, 0) is 11.8 Å². The largest absolute Gasteiger partial charge is 0.329 e. The SMILES string of the molecule is Cc1ccc(NC(=O)C(C)Sc2nccn2C)c(Br)c1. The molecule has 1 amide bonds. The zero-order valence-electron chi connectivity index (χ0n) is 11.6. The van der Waals surface area contributed by atoms with Crippen molar-refractivity contribution in [2.45, 2.75) is 24.3 Å². The van der Waals surface area contributed by atoms with E-state index in [2.05, 4.69) is 26.2 Å². The number of imidazole rings is 1. The van der Waals surface area contributed by atoms with Crippen molar-refractivity contribution in [3.05, 3.63) is 40.6 Å². The van der Waals surface area contributed by atoms with Crippen LogP contribution in [0.15, 0.2) is 40.2 Å². The Labute approximate surface area is 131 Å². The Hall–Kier alpha value is -1.27. The van der Waals surface area contributed by atoms with Crippen LogP contribution in [-0.4, -0.2) is 20.7 Å². The van der Waals surface area contributed by atoms with Gasteiger partial charge in [0, 0.05) is 23.9 Å². The van der Waals surface area contributed by atoms with Crippen LogP contribution in [0.5, 0.6) is 0 Å². The Morgan fingerprint density at radius 2 is 2.25 bits per heavy atom. The van der Waals surface area contributed by atoms with Crippen LogP contribution in [0.4, 0.5) is 5.69 Å². The molecule has 106 valence electrons. The molecule has 6 heteroatoms. The van der Waals surface area contributed by atoms with E-state index in [0.29, 0.717) is 0 Å². The van der Waals surface area contributed by atoms with Crippen LogP contribution in [0.2, 0.25) is 0 Å². The molecule has 0 spiro atoms. The predicted molar refractivity (Wildman–Crippen MR) is 86.0 cm³/mol. The molecule has 0 aliphatic carbocycles. The summed E-state index contributed by atoms with van der Waals surface area (Å²) in [5, 5.41) is 3.54. The van der Waals surface area contributed by atoms with Crippen LogP contribution in [0, 0.1) is 6.92 Å². The van der Waals surface area contributed by atoms with Crippen LogP contribution < -0.4 is 5.32 Å². The van der Waals surface area contributed by atoms with E-state index in [-0.39, 0.29) is 11.2 Å². The Morgan fingerprint density at radius 1 is 1.50 bits per heavy atom. The van der Waals surface area contributed by atoms with Crippen molar-refractivity contribution in [2.75, 3.05) is 5.32 Å². The number of hydrogen-bond donors (Lipinski definition) is 1. The average molecular weight is 354 g/mol. The van der Waals surface area contributed by atoms with Gasteiger partial charge in [-0.25, -0.2) is 4.98 Å². The first-order valence-corrected chi connectivity index (χ1v) is 7.85. The summed E-state index contributed by atoms with van der Waals surface area (Å²) in [5.74, 6) is -0.0393. The van der Waals surface area contributed by atoms with E-state index in [9.17, 15) is 4.79 Å². The lowest BCUT2D eigenvalue weighted by Crippen LogP contribution is -2.23. The number of rotatable bonds is 4. The summed E-state index contributed by atoms with van der Waals surface area (Å²) in [4.78, 5) is 16.4. The first-order chi connectivity index (χ1) is 9.47. The van der Waals surface area contributed by atoms with Gasteiger partial charge >= 0.3 is 0 Å². The summed E-state index contributed by atoms with van der Waals surface area (Å²) < 4.78 is 2.79. The molecule has 1 aromatic carbocycles. The summed E-state index contributed by atoms with van der Waals surface area (Å²) in [6, 6.07) is 5.85. The van der Waals surface area contributed by atoms with Crippen LogP contribution >= 0.6 is 27.7 Å². The number of carbonyl (C=O) groups excluding carboxylic acids is 1. The second kappa shape index (κ2) is 6.45. The summed E-state index contributed by atoms with van der Waals surface area (Å²) in [6.45, 7) is 3.88. The lowest BCUT2D eigenvalue weighted by atomic mass is 10.2. The average Bonchev–Trinajstić information content (AvgIpc) is 2.78. The lowest BCUT2D eigenvalue weighted by Gasteiger charge is -2.13. The van der Waals surface area contributed by atoms with E-state index in [0.717, 1.165) is 20.9 Å². The minimum atomic E-state index is -0.218. The summed E-state index contributed by atoms with van der Waals surface area (Å²) in [7, 11) is 1.91. The maximum Gasteiger partial charge on any atom is 0.237 e. The molecule has 0 fully saturated rings. The number of benzene rings is 1. The van der Waals surface area contributed by atoms with Crippen LogP contribution in [0.3, 0.4) is 0 Å². The third-order valence-corrected chi connectivity index (χ3v) is 4.64. The second-order valence-electron chi connectivity index (χ2n) is 4.55. The van der Waals surface area contributed by atoms with E-state index in [1.165, 1.54) is 11.8 Å². The minimum absolute atomic E-state index is 0.0393. The summed E-state index contributed by atoms with van der Waals surface area (Å²) >= 11 is 4.90. The molecule has 1 unspecified atom stereocenters. The van der Waals surface area contributed by atoms with Crippen molar-refractivity contribution in [3.8, 4) is 0 Å². The highest BCUT2D eigenvalue weighted by atomic mass is 79.9. The molecule has 0 bridgehead atoms. The normalized spacial score (nSPS) is 12.2. The minimum Gasteiger partial charge on any atom is -0.329 e. The maximum atomic E-state index is 12.2. The topological polar surface area (TPSA) is 46.9 Å². The lowest BCUT2D eigenvalue weighted by molar-refractivity contribution is -0.115. The molecule has 0 radical (unpaired) electrons. The predicted octanol–water partition coefficient (Wildman–Crippen LogP) is 3.61. The van der Waals surface area contributed by atoms with Crippen molar-refractivity contribution in [1.29, 1.82) is 0 Å². The van der Waals surface area contributed by atoms with Gasteiger partial charge in [-0.15, -0.1) is 0 Å². The summed E-state index contributed by atoms with van der Waals surface area (Å²) in [5.41, 5.74) is 1.93. The fourth-order valence-electron chi connectivity index (χ4n) is 1.63. The highest BCUT2D eigenvalue weighted by Crippen LogP contribution is 2.26. The number of amides is 1. The van der Waals surface area contributed by atoms with Gasteiger partial charge in [-0.1, -0.05) is 17.8 Å². The Bertz CT molecular complexity index is 627. The molecule has 2 rings (SSSR count). The second-order valence-corrected chi connectivity index (χ2v) is 6.72. The summed E-state index contributed by atoms with van der Waals surface area (Å²) in [6.07, 6.45) is 3.59. The van der Waals surface area contributed by atoms with Gasteiger partial charge in [0.2, 0.25) is 5.91 Å². The zero-order valence-corrected chi connectivity index (χ0v) is 14.0. The number of aryl methyl sites for hydroxylation is 2. The standard InChI is InChI=1S/C14H16BrN3OS/c1-9-4-5-12(11(15)8-9)17-13(19)10(2)20-14-16-6-7-18(14)3/h4-8,10H,1-3H3,(H,17,19). The van der Waals surface area contributed by atoms with Crippen molar-refractivity contribution in [3.63, 3.8) is 0 Å². The number of nitrogens with one attached hydrogen (secondary N) is 1. The molecule has 0 saturated carbocycles. The fraction of sp³-hybridized carbons (Fsp3) is 0.286. The van der Waals surface area contributed by atoms with E-state index in [1.54, 1.807) is 6.20 Å². The van der Waals surface area contributed by atoms with Gasteiger partial charge in [-0.2, -0.15) is 0 Å². The fourth-order valence-corrected chi connectivity index (χ4v) is 3.06. The van der Waals surface area contributed by atoms with Crippen LogP contribution in [0.1, 0.15) is 12.5 Å². The van der Waals surface area contributed by atoms with Crippen molar-refractivity contribution >= 4 is 39.3 Å². The Balaban J connectivity index is 2.02. The molecule has 1 heterocycles. The van der Waals surface area contributed by atoms with E-state index >= 15 is 0 Å². The van der Waals surface area contributed by atoms with E-state index in [1.807, 2.05) is 49.9 Å². The third-order valence-electron chi connectivity index (χ3n) is 2.81. The molecule has 0 saturated heterocycles. The third kappa shape index (κ3) is 3.64. The number of halogens is 1. The van der Waals surface area contributed by atoms with Crippen molar-refractivity contribution in [2.24, 2.45) is 7.05 Å². The van der Waals surface area contributed by atoms with Crippen LogP contribution in [0.25, 0.3) is 0 Å². The monoisotopic (exact) mass is 353 g/mol. The van der Waals surface area contributed by atoms with Gasteiger partial charge in [-0.05, 0) is 47.5 Å². The van der Waals surface area contributed by atoms with Crippen molar-refractivity contribution in [1.82, 2.24) is 9.55 Å². The number of nitrogens with zero attached hydrogens (tertiary/aromatic N) is 2. The van der Waals surface area contributed by atoms with E-state index in [4.69, 9.17) is 0 Å². The molecule has 0 aliphatic rings. The first kappa shape index (κ1) is 15.1. The molecule has 4 nitrogen and oxygen atoms in total. The number of aromatic nitrogens is 2. The number of carbonyl (C=O) groups is 1. The molecule has 1 N–H and O–H groups in total. The number of thioether (sulfide) groups is 1. The molecular formula is C14H16BrN3OS.